The molecule has 17 nitrogen and oxygen atoms in total. The van der Waals surface area contributed by atoms with Gasteiger partial charge < -0.3 is 33.8 Å². The maximum absolute atomic E-state index is 13.1. The molecule has 594 valence electrons. The Kier molecular flexibility index (Phi) is 69.9. The van der Waals surface area contributed by atoms with Crippen LogP contribution in [0.25, 0.3) is 0 Å². The molecule has 19 heteroatoms. The Hall–Kier alpha value is -1.94. The number of unbranched alkanes of at least 4 members (excludes halogenated alkanes) is 47. The number of hydrogen-bond acceptors (Lipinski definition) is 15. The molecule has 0 aromatic heterocycles. The van der Waals surface area contributed by atoms with Gasteiger partial charge in [0.2, 0.25) is 0 Å². The van der Waals surface area contributed by atoms with Gasteiger partial charge in [-0.3, -0.25) is 37.3 Å². The van der Waals surface area contributed by atoms with Gasteiger partial charge in [0, 0.05) is 25.7 Å². The fourth-order valence-electron chi connectivity index (χ4n) is 12.5. The molecule has 0 bridgehead atoms. The summed E-state index contributed by atoms with van der Waals surface area (Å²) in [5.41, 5.74) is 0. The van der Waals surface area contributed by atoms with Gasteiger partial charge in [-0.2, -0.15) is 0 Å². The number of rotatable bonds is 79. The van der Waals surface area contributed by atoms with E-state index in [1.165, 1.54) is 231 Å². The summed E-state index contributed by atoms with van der Waals surface area (Å²) in [6, 6.07) is 0. The van der Waals surface area contributed by atoms with Crippen molar-refractivity contribution in [2.45, 2.75) is 439 Å². The van der Waals surface area contributed by atoms with Crippen molar-refractivity contribution in [2.75, 3.05) is 39.6 Å². The fraction of sp³-hybridized carbons (Fsp3) is 0.951. The standard InChI is InChI=1S/C81H158O17P2/c1-8-9-10-11-12-13-25-34-41-48-55-62-78(83)91-69-77(98-81(86)65-58-51-44-37-30-33-40-47-54-61-74(6)7)71-96-100(89,90)94-67-75(82)66-93-99(87,88)95-70-76(68-92-79(84)63-56-49-42-35-28-23-20-16-18-22-27-32-39-46-53-60-73(4)5)97-80(85)64-57-50-43-36-29-24-19-15-14-17-21-26-31-38-45-52-59-72(2)3/h72-77,82H,8-71H2,1-7H3,(H,87,88)(H,89,90)/t75-,76-,77-/m1/s1. The summed E-state index contributed by atoms with van der Waals surface area (Å²) < 4.78 is 68.7. The van der Waals surface area contributed by atoms with Crippen LogP contribution in [0.3, 0.4) is 0 Å². The minimum Gasteiger partial charge on any atom is -0.462 e. The van der Waals surface area contributed by atoms with Crippen LogP contribution in [-0.4, -0.2) is 96.7 Å². The molecular weight excluding hydrogens is 1310 g/mol. The highest BCUT2D eigenvalue weighted by Gasteiger charge is 2.30. The van der Waals surface area contributed by atoms with Gasteiger partial charge in [-0.1, -0.05) is 370 Å². The van der Waals surface area contributed by atoms with E-state index >= 15 is 0 Å². The third-order valence-corrected chi connectivity index (χ3v) is 20.8. The molecule has 0 aliphatic carbocycles. The van der Waals surface area contributed by atoms with Crippen LogP contribution in [0.15, 0.2) is 0 Å². The number of hydrogen-bond donors (Lipinski definition) is 3. The van der Waals surface area contributed by atoms with Crippen LogP contribution in [0.5, 0.6) is 0 Å². The van der Waals surface area contributed by atoms with Crippen molar-refractivity contribution < 1.29 is 80.2 Å². The summed E-state index contributed by atoms with van der Waals surface area (Å²) in [5, 5.41) is 10.6. The molecule has 0 saturated carbocycles. The molecule has 0 aliphatic rings. The van der Waals surface area contributed by atoms with Crippen LogP contribution >= 0.6 is 15.6 Å². The van der Waals surface area contributed by atoms with E-state index in [1.54, 1.807) is 0 Å². The number of carbonyl (C=O) groups excluding carboxylic acids is 4. The van der Waals surface area contributed by atoms with E-state index in [1.807, 2.05) is 0 Å². The number of aliphatic hydroxyl groups is 1. The average molecular weight is 1470 g/mol. The second-order valence-electron chi connectivity index (χ2n) is 30.6. The maximum Gasteiger partial charge on any atom is 0.472 e. The monoisotopic (exact) mass is 1470 g/mol. The smallest absolute Gasteiger partial charge is 0.462 e. The first-order chi connectivity index (χ1) is 48.2. The lowest BCUT2D eigenvalue weighted by Gasteiger charge is -2.21. The van der Waals surface area contributed by atoms with Gasteiger partial charge in [0.15, 0.2) is 12.2 Å². The highest BCUT2D eigenvalue weighted by atomic mass is 31.2. The average Bonchev–Trinajstić information content (AvgIpc) is 1.04. The van der Waals surface area contributed by atoms with Crippen molar-refractivity contribution in [3.63, 3.8) is 0 Å². The Morgan fingerprint density at radius 3 is 0.680 bits per heavy atom. The third kappa shape index (κ3) is 74.3. The molecule has 3 N–H and O–H groups in total. The molecule has 0 aromatic carbocycles. The first-order valence-electron chi connectivity index (χ1n) is 41.8. The summed E-state index contributed by atoms with van der Waals surface area (Å²) in [5.74, 6) is 0.241. The lowest BCUT2D eigenvalue weighted by atomic mass is 10.0. The molecule has 0 spiro atoms. The van der Waals surface area contributed by atoms with Crippen LogP contribution in [0.4, 0.5) is 0 Å². The van der Waals surface area contributed by atoms with Crippen molar-refractivity contribution in [2.24, 2.45) is 17.8 Å². The highest BCUT2D eigenvalue weighted by Crippen LogP contribution is 2.45. The van der Waals surface area contributed by atoms with Gasteiger partial charge in [-0.15, -0.1) is 0 Å². The normalized spacial score (nSPS) is 14.0. The van der Waals surface area contributed by atoms with Crippen molar-refractivity contribution in [1.82, 2.24) is 0 Å². The molecule has 0 fully saturated rings. The third-order valence-electron chi connectivity index (χ3n) is 18.9. The summed E-state index contributed by atoms with van der Waals surface area (Å²) >= 11 is 0. The van der Waals surface area contributed by atoms with Crippen molar-refractivity contribution in [3.8, 4) is 0 Å². The molecule has 0 heterocycles. The fourth-order valence-corrected chi connectivity index (χ4v) is 14.1. The van der Waals surface area contributed by atoms with Gasteiger partial charge in [-0.25, -0.2) is 9.13 Å². The molecule has 0 aliphatic heterocycles. The Morgan fingerprint density at radius 1 is 0.270 bits per heavy atom. The number of ether oxygens (including phenoxy) is 4. The van der Waals surface area contributed by atoms with Crippen LogP contribution in [0.2, 0.25) is 0 Å². The Bertz CT molecular complexity index is 1940. The van der Waals surface area contributed by atoms with E-state index < -0.39 is 97.5 Å². The van der Waals surface area contributed by atoms with Gasteiger partial charge >= 0.3 is 39.5 Å². The van der Waals surface area contributed by atoms with Crippen LogP contribution in [0, 0.1) is 17.8 Å². The zero-order valence-electron chi connectivity index (χ0n) is 65.7. The largest absolute Gasteiger partial charge is 0.472 e. The minimum absolute atomic E-state index is 0.106. The predicted molar refractivity (Wildman–Crippen MR) is 409 cm³/mol. The Labute approximate surface area is 613 Å². The highest BCUT2D eigenvalue weighted by molar-refractivity contribution is 7.47. The topological polar surface area (TPSA) is 237 Å². The molecular formula is C81H158O17P2. The predicted octanol–water partition coefficient (Wildman–Crippen LogP) is 24.1. The molecule has 2 unspecified atom stereocenters. The summed E-state index contributed by atoms with van der Waals surface area (Å²) in [7, 11) is -9.92. The quantitative estimate of drug-likeness (QED) is 0.0222. The molecule has 0 saturated heterocycles. The number of phosphoric acid groups is 2. The summed E-state index contributed by atoms with van der Waals surface area (Å²) in [6.07, 6.45) is 59.6. The number of phosphoric ester groups is 2. The lowest BCUT2D eigenvalue weighted by molar-refractivity contribution is -0.161. The summed E-state index contributed by atoms with van der Waals surface area (Å²) in [6.45, 7) is 12.0. The van der Waals surface area contributed by atoms with Crippen molar-refractivity contribution in [3.05, 3.63) is 0 Å². The van der Waals surface area contributed by atoms with Gasteiger partial charge in [0.1, 0.15) is 19.3 Å². The second-order valence-corrected chi connectivity index (χ2v) is 33.5. The second kappa shape index (κ2) is 71.3. The molecule has 100 heavy (non-hydrogen) atoms. The van der Waals surface area contributed by atoms with E-state index in [0.29, 0.717) is 25.7 Å². The van der Waals surface area contributed by atoms with Crippen molar-refractivity contribution in [1.29, 1.82) is 0 Å². The first-order valence-corrected chi connectivity index (χ1v) is 44.8. The van der Waals surface area contributed by atoms with Crippen LogP contribution in [0.1, 0.15) is 421 Å². The number of esters is 4. The van der Waals surface area contributed by atoms with Gasteiger partial charge in [0.25, 0.3) is 0 Å². The zero-order chi connectivity index (χ0) is 73.7. The van der Waals surface area contributed by atoms with Gasteiger partial charge in [-0.05, 0) is 43.4 Å². The van der Waals surface area contributed by atoms with E-state index in [0.717, 1.165) is 108 Å². The Balaban J connectivity index is 5.24. The molecule has 5 atom stereocenters. The number of aliphatic hydroxyl groups excluding tert-OH is 1. The number of carbonyl (C=O) groups is 4. The van der Waals surface area contributed by atoms with E-state index in [4.69, 9.17) is 37.0 Å². The molecule has 0 rings (SSSR count). The Morgan fingerprint density at radius 2 is 0.460 bits per heavy atom. The summed E-state index contributed by atoms with van der Waals surface area (Å²) in [4.78, 5) is 73.0. The molecule has 0 radical (unpaired) electrons. The minimum atomic E-state index is -4.96. The lowest BCUT2D eigenvalue weighted by Crippen LogP contribution is -2.30. The van der Waals surface area contributed by atoms with E-state index in [9.17, 15) is 43.2 Å². The van der Waals surface area contributed by atoms with Crippen LogP contribution < -0.4 is 0 Å². The SMILES string of the molecule is CCCCCCCCCCCCCC(=O)OC[C@H](COP(=O)(O)OC[C@H](O)COP(=O)(O)OC[C@@H](COC(=O)CCCCCCCCCCCCCCCCCC(C)C)OC(=O)CCCCCCCCCCCCCCCCCCC(C)C)OC(=O)CCCCCCCCCCCC(C)C. The zero-order valence-corrected chi connectivity index (χ0v) is 67.5. The molecule has 0 amide bonds. The maximum atomic E-state index is 13.1. The van der Waals surface area contributed by atoms with E-state index in [-0.39, 0.29) is 25.7 Å². The first kappa shape index (κ1) is 98.1. The van der Waals surface area contributed by atoms with E-state index in [2.05, 4.69) is 48.5 Å². The molecule has 0 aromatic rings. The van der Waals surface area contributed by atoms with Crippen LogP contribution in [-0.2, 0) is 65.4 Å². The van der Waals surface area contributed by atoms with Gasteiger partial charge in [0.05, 0.1) is 26.4 Å². The van der Waals surface area contributed by atoms with Crippen molar-refractivity contribution >= 4 is 39.5 Å².